The van der Waals surface area contributed by atoms with Gasteiger partial charge in [0, 0.05) is 12.8 Å². The number of aliphatic carboxylic acids is 1. The van der Waals surface area contributed by atoms with E-state index in [0.29, 0.717) is 25.4 Å². The van der Waals surface area contributed by atoms with Crippen molar-refractivity contribution >= 4 is 5.97 Å². The van der Waals surface area contributed by atoms with Crippen molar-refractivity contribution in [1.82, 2.24) is 15.0 Å². The Kier molecular flexibility index (Phi) is 6.35. The predicted molar refractivity (Wildman–Crippen MR) is 66.1 cm³/mol. The molecular weight excluding hydrogens is 234 g/mol. The van der Waals surface area contributed by atoms with Crippen molar-refractivity contribution in [2.45, 2.75) is 45.6 Å². The van der Waals surface area contributed by atoms with Crippen LogP contribution < -0.4 is 0 Å². The first-order chi connectivity index (χ1) is 8.61. The first-order valence-electron chi connectivity index (χ1n) is 6.33. The van der Waals surface area contributed by atoms with Gasteiger partial charge in [0.1, 0.15) is 0 Å². The highest BCUT2D eigenvalue weighted by Crippen LogP contribution is 2.05. The van der Waals surface area contributed by atoms with Crippen LogP contribution in [0.3, 0.4) is 0 Å². The van der Waals surface area contributed by atoms with Crippen LogP contribution in [0.5, 0.6) is 0 Å². The molecule has 0 saturated carbocycles. The number of aryl methyl sites for hydroxylation is 1. The molecule has 0 saturated heterocycles. The third kappa shape index (κ3) is 5.77. The van der Waals surface area contributed by atoms with Gasteiger partial charge in [0.15, 0.2) is 5.82 Å². The average Bonchev–Trinajstić information content (AvgIpc) is 2.73. The van der Waals surface area contributed by atoms with Crippen LogP contribution in [0.2, 0.25) is 0 Å². The van der Waals surface area contributed by atoms with Crippen LogP contribution >= 0.6 is 0 Å². The molecular formula is C12H21N3O3. The third-order valence-electron chi connectivity index (χ3n) is 2.60. The Morgan fingerprint density at radius 3 is 2.89 bits per heavy atom. The van der Waals surface area contributed by atoms with Gasteiger partial charge in [-0.2, -0.15) is 4.98 Å². The second-order valence-electron chi connectivity index (χ2n) is 4.44. The van der Waals surface area contributed by atoms with Gasteiger partial charge in [-0.25, -0.2) is 0 Å². The van der Waals surface area contributed by atoms with E-state index in [1.54, 1.807) is 0 Å². The first-order valence-corrected chi connectivity index (χ1v) is 6.33. The molecule has 0 aliphatic heterocycles. The maximum absolute atomic E-state index is 10.4. The maximum atomic E-state index is 10.4. The smallest absolute Gasteiger partial charge is 0.303 e. The van der Waals surface area contributed by atoms with E-state index in [-0.39, 0.29) is 6.42 Å². The van der Waals surface area contributed by atoms with Crippen LogP contribution in [0, 0.1) is 0 Å². The number of carbonyl (C=O) groups is 1. The Hall–Kier alpha value is -1.43. The second-order valence-corrected chi connectivity index (χ2v) is 4.44. The summed E-state index contributed by atoms with van der Waals surface area (Å²) in [6.45, 7) is 3.40. The van der Waals surface area contributed by atoms with Gasteiger partial charge in [0.2, 0.25) is 5.89 Å². The van der Waals surface area contributed by atoms with E-state index in [0.717, 1.165) is 25.1 Å². The fraction of sp³-hybridized carbons (Fsp3) is 0.750. The fourth-order valence-corrected chi connectivity index (χ4v) is 1.60. The predicted octanol–water partition coefficient (Wildman–Crippen LogP) is 1.71. The van der Waals surface area contributed by atoms with Gasteiger partial charge in [0.05, 0.1) is 6.54 Å². The summed E-state index contributed by atoms with van der Waals surface area (Å²) in [5.41, 5.74) is 0. The number of aromatic nitrogens is 2. The minimum atomic E-state index is -0.761. The molecule has 0 aliphatic rings. The molecule has 18 heavy (non-hydrogen) atoms. The maximum Gasteiger partial charge on any atom is 0.303 e. The lowest BCUT2D eigenvalue weighted by Gasteiger charge is -2.12. The molecule has 1 N–H and O–H groups in total. The monoisotopic (exact) mass is 255 g/mol. The number of carboxylic acids is 1. The lowest BCUT2D eigenvalue weighted by atomic mass is 10.2. The van der Waals surface area contributed by atoms with Crippen molar-refractivity contribution in [1.29, 1.82) is 0 Å². The standard InChI is InChI=1S/C12H21N3O3/c1-3-4-6-10-13-11(18-14-10)9-15(2)8-5-7-12(16)17/h3-9H2,1-2H3,(H,16,17). The van der Waals surface area contributed by atoms with Crippen LogP contribution in [0.25, 0.3) is 0 Å². The second kappa shape index (κ2) is 7.81. The SMILES string of the molecule is CCCCc1noc(CN(C)CCCC(=O)O)n1. The molecule has 0 spiro atoms. The van der Waals surface area contributed by atoms with Gasteiger partial charge < -0.3 is 9.63 Å². The van der Waals surface area contributed by atoms with E-state index in [9.17, 15) is 4.79 Å². The van der Waals surface area contributed by atoms with Crippen molar-refractivity contribution < 1.29 is 14.4 Å². The van der Waals surface area contributed by atoms with Gasteiger partial charge in [-0.3, -0.25) is 9.69 Å². The van der Waals surface area contributed by atoms with Gasteiger partial charge in [-0.05, 0) is 26.4 Å². The quantitative estimate of drug-likeness (QED) is 0.723. The summed E-state index contributed by atoms with van der Waals surface area (Å²) >= 11 is 0. The molecule has 102 valence electrons. The molecule has 6 nitrogen and oxygen atoms in total. The molecule has 6 heteroatoms. The normalized spacial score (nSPS) is 11.1. The van der Waals surface area contributed by atoms with E-state index in [4.69, 9.17) is 9.63 Å². The summed E-state index contributed by atoms with van der Waals surface area (Å²) in [5, 5.41) is 12.5. The van der Waals surface area contributed by atoms with Crippen molar-refractivity contribution in [2.24, 2.45) is 0 Å². The number of hydrogen-bond donors (Lipinski definition) is 1. The van der Waals surface area contributed by atoms with E-state index in [1.165, 1.54) is 0 Å². The van der Waals surface area contributed by atoms with E-state index >= 15 is 0 Å². The minimum absolute atomic E-state index is 0.190. The van der Waals surface area contributed by atoms with Gasteiger partial charge in [0.25, 0.3) is 0 Å². The van der Waals surface area contributed by atoms with Crippen molar-refractivity contribution in [3.8, 4) is 0 Å². The number of nitrogens with zero attached hydrogens (tertiary/aromatic N) is 3. The summed E-state index contributed by atoms with van der Waals surface area (Å²) in [7, 11) is 1.91. The highest BCUT2D eigenvalue weighted by molar-refractivity contribution is 5.66. The molecule has 0 aliphatic carbocycles. The van der Waals surface area contributed by atoms with Gasteiger partial charge >= 0.3 is 5.97 Å². The number of hydrogen-bond acceptors (Lipinski definition) is 5. The fourth-order valence-electron chi connectivity index (χ4n) is 1.60. The molecule has 0 atom stereocenters. The molecule has 1 heterocycles. The van der Waals surface area contributed by atoms with Crippen molar-refractivity contribution in [2.75, 3.05) is 13.6 Å². The average molecular weight is 255 g/mol. The molecule has 1 aromatic rings. The van der Waals surface area contributed by atoms with Crippen molar-refractivity contribution in [3.63, 3.8) is 0 Å². The van der Waals surface area contributed by atoms with Crippen LogP contribution in [-0.4, -0.2) is 39.7 Å². The lowest BCUT2D eigenvalue weighted by Crippen LogP contribution is -2.20. The summed E-state index contributed by atoms with van der Waals surface area (Å²) in [6, 6.07) is 0. The third-order valence-corrected chi connectivity index (χ3v) is 2.60. The minimum Gasteiger partial charge on any atom is -0.481 e. The molecule has 0 amide bonds. The van der Waals surface area contributed by atoms with Crippen LogP contribution in [0.4, 0.5) is 0 Å². The number of unbranched alkanes of at least 4 members (excludes halogenated alkanes) is 1. The zero-order valence-electron chi connectivity index (χ0n) is 11.1. The number of rotatable bonds is 9. The van der Waals surface area contributed by atoms with Gasteiger partial charge in [-0.1, -0.05) is 18.5 Å². The van der Waals surface area contributed by atoms with E-state index < -0.39 is 5.97 Å². The zero-order chi connectivity index (χ0) is 13.4. The molecule has 0 unspecified atom stereocenters. The van der Waals surface area contributed by atoms with E-state index in [1.807, 2.05) is 11.9 Å². The topological polar surface area (TPSA) is 79.5 Å². The summed E-state index contributed by atoms with van der Waals surface area (Å²) in [4.78, 5) is 16.7. The van der Waals surface area contributed by atoms with E-state index in [2.05, 4.69) is 17.1 Å². The molecule has 0 aromatic carbocycles. The van der Waals surface area contributed by atoms with Crippen LogP contribution in [-0.2, 0) is 17.8 Å². The Morgan fingerprint density at radius 1 is 1.44 bits per heavy atom. The molecule has 1 aromatic heterocycles. The largest absolute Gasteiger partial charge is 0.481 e. The molecule has 0 bridgehead atoms. The summed E-state index contributed by atoms with van der Waals surface area (Å²) in [6.07, 6.45) is 3.84. The zero-order valence-corrected chi connectivity index (χ0v) is 11.1. The Morgan fingerprint density at radius 2 is 2.22 bits per heavy atom. The number of carboxylic acid groups (broad SMARTS) is 1. The molecule has 1 rings (SSSR count). The van der Waals surface area contributed by atoms with Gasteiger partial charge in [-0.15, -0.1) is 0 Å². The van der Waals surface area contributed by atoms with Crippen LogP contribution in [0.1, 0.15) is 44.3 Å². The molecule has 0 fully saturated rings. The van der Waals surface area contributed by atoms with Crippen molar-refractivity contribution in [3.05, 3.63) is 11.7 Å². The first kappa shape index (κ1) is 14.6. The molecule has 0 radical (unpaired) electrons. The van der Waals surface area contributed by atoms with Crippen LogP contribution in [0.15, 0.2) is 4.52 Å². The summed E-state index contributed by atoms with van der Waals surface area (Å²) < 4.78 is 5.14. The lowest BCUT2D eigenvalue weighted by molar-refractivity contribution is -0.137. The Balaban J connectivity index is 2.28. The highest BCUT2D eigenvalue weighted by atomic mass is 16.5. The summed E-state index contributed by atoms with van der Waals surface area (Å²) in [5.74, 6) is 0.591. The Labute approximate surface area is 107 Å². The Bertz CT molecular complexity index is 365. The highest BCUT2D eigenvalue weighted by Gasteiger charge is 2.09.